The Morgan fingerprint density at radius 2 is 1.77 bits per heavy atom. The predicted octanol–water partition coefficient (Wildman–Crippen LogP) is 4.37. The van der Waals surface area contributed by atoms with Crippen LogP contribution in [0.2, 0.25) is 18.6 Å². The summed E-state index contributed by atoms with van der Waals surface area (Å²) in [4.78, 5) is 13.1. The third-order valence-corrected chi connectivity index (χ3v) is 11.5. The molecule has 2 aromatic carbocycles. The lowest BCUT2D eigenvalue weighted by Gasteiger charge is -2.38. The van der Waals surface area contributed by atoms with Crippen molar-refractivity contribution in [2.45, 2.75) is 50.9 Å². The predicted molar refractivity (Wildman–Crippen MR) is 123 cm³/mol. The van der Waals surface area contributed by atoms with Crippen molar-refractivity contribution < 1.29 is 18.8 Å². The zero-order valence-electron chi connectivity index (χ0n) is 18.5. The van der Waals surface area contributed by atoms with E-state index in [1.165, 1.54) is 23.7 Å². The number of methoxy groups -OCH3 is 2. The van der Waals surface area contributed by atoms with Crippen LogP contribution in [0.3, 0.4) is 0 Å². The quantitative estimate of drug-likeness (QED) is 0.512. The minimum atomic E-state index is -1.68. The minimum Gasteiger partial charge on any atom is -0.493 e. The highest BCUT2D eigenvalue weighted by atomic mass is 28.3. The van der Waals surface area contributed by atoms with Gasteiger partial charge in [-0.05, 0) is 30.2 Å². The number of fused-ring (bicyclic) bond motifs is 1. The summed E-state index contributed by atoms with van der Waals surface area (Å²) >= 11 is 0. The van der Waals surface area contributed by atoms with Gasteiger partial charge in [-0.15, -0.1) is 0 Å². The van der Waals surface area contributed by atoms with E-state index in [0.29, 0.717) is 35.9 Å². The Bertz CT molecular complexity index is 968. The summed E-state index contributed by atoms with van der Waals surface area (Å²) in [5, 5.41) is 1.50. The molecule has 1 aliphatic heterocycles. The van der Waals surface area contributed by atoms with Crippen molar-refractivity contribution in [3.63, 3.8) is 0 Å². The molecule has 0 spiro atoms. The molecule has 2 aliphatic rings. The van der Waals surface area contributed by atoms with E-state index in [4.69, 9.17) is 9.47 Å². The Labute approximate surface area is 180 Å². The Kier molecular flexibility index (Phi) is 5.83. The van der Waals surface area contributed by atoms with Gasteiger partial charge in [0.2, 0.25) is 0 Å². The average Bonchev–Trinajstić information content (AvgIpc) is 3.09. The van der Waals surface area contributed by atoms with Gasteiger partial charge in [0.05, 0.1) is 34.6 Å². The second kappa shape index (κ2) is 8.38. The Morgan fingerprint density at radius 3 is 2.47 bits per heavy atom. The lowest BCUT2D eigenvalue weighted by Crippen LogP contribution is -2.50. The van der Waals surface area contributed by atoms with Crippen LogP contribution in [0.15, 0.2) is 48.5 Å². The minimum absolute atomic E-state index is 0.273. The lowest BCUT2D eigenvalue weighted by molar-refractivity contribution is -0.460. The van der Waals surface area contributed by atoms with Gasteiger partial charge in [0.1, 0.15) is 0 Å². The Hall–Kier alpha value is -2.40. The first-order chi connectivity index (χ1) is 14.5. The fourth-order valence-corrected chi connectivity index (χ4v) is 9.19. The molecule has 0 radical (unpaired) electrons. The van der Waals surface area contributed by atoms with E-state index in [9.17, 15) is 4.79 Å². The molecule has 0 unspecified atom stereocenters. The molecule has 1 fully saturated rings. The third-order valence-electron chi connectivity index (χ3n) is 7.14. The summed E-state index contributed by atoms with van der Waals surface area (Å²) in [6.07, 6.45) is 4.12. The van der Waals surface area contributed by atoms with Crippen LogP contribution in [0.1, 0.15) is 31.2 Å². The molecule has 5 heteroatoms. The lowest BCUT2D eigenvalue weighted by atomic mass is 9.86. The molecule has 30 heavy (non-hydrogen) atoms. The van der Waals surface area contributed by atoms with E-state index in [1.54, 1.807) is 14.2 Å². The smallest absolute Gasteiger partial charge is 0.387 e. The molecular weight excluding hydrogens is 390 g/mol. The van der Waals surface area contributed by atoms with Gasteiger partial charge in [-0.25, -0.2) is 4.79 Å². The molecule has 0 aromatic heterocycles. The van der Waals surface area contributed by atoms with Crippen LogP contribution in [-0.4, -0.2) is 38.5 Å². The van der Waals surface area contributed by atoms with Gasteiger partial charge in [0, 0.05) is 12.0 Å². The fraction of sp³-hybridized carbons (Fsp3) is 0.440. The van der Waals surface area contributed by atoms with Crippen molar-refractivity contribution in [1.82, 2.24) is 0 Å². The van der Waals surface area contributed by atoms with Crippen LogP contribution in [-0.2, 0) is 11.3 Å². The topological polar surface area (TPSA) is 38.5 Å². The largest absolute Gasteiger partial charge is 0.493 e. The summed E-state index contributed by atoms with van der Waals surface area (Å²) < 4.78 is 12.9. The number of hydrogen-bond donors (Lipinski definition) is 0. The maximum Gasteiger partial charge on any atom is 0.387 e. The van der Waals surface area contributed by atoms with Crippen LogP contribution in [0.25, 0.3) is 0 Å². The monoisotopic (exact) mass is 422 g/mol. The third kappa shape index (κ3) is 3.71. The van der Waals surface area contributed by atoms with E-state index >= 15 is 0 Å². The second-order valence-electron chi connectivity index (χ2n) is 9.06. The Balaban J connectivity index is 1.64. The van der Waals surface area contributed by atoms with Crippen LogP contribution < -0.4 is 14.7 Å². The highest BCUT2D eigenvalue weighted by molar-refractivity contribution is 6.91. The molecule has 1 saturated carbocycles. The van der Waals surface area contributed by atoms with Crippen molar-refractivity contribution in [3.05, 3.63) is 54.1 Å². The number of nitrogens with zero attached hydrogens (tertiary/aromatic N) is 1. The molecular formula is C25H32NO3Si+. The first-order valence-electron chi connectivity index (χ1n) is 10.9. The van der Waals surface area contributed by atoms with E-state index in [2.05, 4.69) is 48.0 Å². The van der Waals surface area contributed by atoms with Crippen LogP contribution in [0, 0.1) is 5.92 Å². The molecule has 0 bridgehead atoms. The van der Waals surface area contributed by atoms with Gasteiger partial charge in [-0.1, -0.05) is 55.0 Å². The van der Waals surface area contributed by atoms with Gasteiger partial charge in [-0.2, -0.15) is 4.58 Å². The van der Waals surface area contributed by atoms with Gasteiger partial charge >= 0.3 is 5.91 Å². The first-order valence-corrected chi connectivity index (χ1v) is 14.0. The van der Waals surface area contributed by atoms with Gasteiger partial charge in [-0.3, -0.25) is 0 Å². The molecule has 1 heterocycles. The standard InChI is InChI=1S/C25H32NO3Si/c1-28-22-14-13-18(15-23(22)29-2)17-26-21-11-8-12-24(20(21)16-25(26)27)30(3,4)19-9-6-5-7-10-19/h5-7,9-10,13-15,20,24H,8,11-12,16-17H2,1-4H3/q+1/t20-,24-/m0/s1. The maximum atomic E-state index is 13.1. The Morgan fingerprint density at radius 1 is 1.03 bits per heavy atom. The highest BCUT2D eigenvalue weighted by Gasteiger charge is 2.51. The molecule has 0 N–H and O–H groups in total. The number of hydrogen-bond acceptors (Lipinski definition) is 3. The number of carbonyl (C=O) groups is 1. The van der Waals surface area contributed by atoms with Crippen LogP contribution in [0.4, 0.5) is 0 Å². The van der Waals surface area contributed by atoms with Gasteiger partial charge < -0.3 is 9.47 Å². The summed E-state index contributed by atoms with van der Waals surface area (Å²) in [5.74, 6) is 2.10. The summed E-state index contributed by atoms with van der Waals surface area (Å²) in [6.45, 7) is 5.58. The van der Waals surface area contributed by atoms with Crippen molar-refractivity contribution in [3.8, 4) is 11.5 Å². The van der Waals surface area contributed by atoms with Crippen molar-refractivity contribution in [2.24, 2.45) is 5.92 Å². The normalized spacial score (nSPS) is 21.5. The first kappa shape index (κ1) is 20.9. The van der Waals surface area contributed by atoms with E-state index in [0.717, 1.165) is 12.0 Å². The van der Waals surface area contributed by atoms with E-state index < -0.39 is 8.07 Å². The molecule has 0 saturated heterocycles. The van der Waals surface area contributed by atoms with Crippen LogP contribution in [0.5, 0.6) is 11.5 Å². The fourth-order valence-electron chi connectivity index (χ4n) is 5.47. The average molecular weight is 423 g/mol. The zero-order valence-corrected chi connectivity index (χ0v) is 19.5. The van der Waals surface area contributed by atoms with Crippen LogP contribution >= 0.6 is 0 Å². The molecule has 1 amide bonds. The second-order valence-corrected chi connectivity index (χ2v) is 13.8. The van der Waals surface area contributed by atoms with Gasteiger partial charge in [0.25, 0.3) is 0 Å². The SMILES string of the molecule is COc1ccc(C[N+]2=C3CCC[C@H]([Si](C)(C)c4ccccc4)[C@H]3CC2=O)cc1OC. The number of benzene rings is 2. The number of carbonyl (C=O) groups excluding carboxylic acids is 1. The van der Waals surface area contributed by atoms with Crippen molar-refractivity contribution in [1.29, 1.82) is 0 Å². The maximum absolute atomic E-state index is 13.1. The number of rotatable bonds is 6. The van der Waals surface area contributed by atoms with Gasteiger partial charge in [0.15, 0.2) is 23.8 Å². The zero-order chi connectivity index (χ0) is 21.3. The van der Waals surface area contributed by atoms with E-state index in [1.807, 2.05) is 18.2 Å². The van der Waals surface area contributed by atoms with E-state index in [-0.39, 0.29) is 5.91 Å². The molecule has 158 valence electrons. The summed E-state index contributed by atoms with van der Waals surface area (Å²) in [6, 6.07) is 16.9. The molecule has 4 nitrogen and oxygen atoms in total. The molecule has 2 aromatic rings. The summed E-state index contributed by atoms with van der Waals surface area (Å²) in [7, 11) is 1.61. The van der Waals surface area contributed by atoms with Crippen molar-refractivity contribution in [2.75, 3.05) is 14.2 Å². The molecule has 4 rings (SSSR count). The molecule has 1 aliphatic carbocycles. The number of ether oxygens (including phenoxy) is 2. The highest BCUT2D eigenvalue weighted by Crippen LogP contribution is 2.44. The number of amides is 1. The summed E-state index contributed by atoms with van der Waals surface area (Å²) in [5.41, 5.74) is 3.06. The molecule has 2 atom stereocenters. The van der Waals surface area contributed by atoms with Crippen molar-refractivity contribution >= 4 is 24.9 Å².